The van der Waals surface area contributed by atoms with Crippen molar-refractivity contribution in [3.8, 4) is 0 Å². The van der Waals surface area contributed by atoms with E-state index < -0.39 is 0 Å². The molecule has 2 aromatic rings. The van der Waals surface area contributed by atoms with Gasteiger partial charge >= 0.3 is 0 Å². The Labute approximate surface area is 141 Å². The molecule has 0 fully saturated rings. The second-order valence-corrected chi connectivity index (χ2v) is 5.11. The van der Waals surface area contributed by atoms with E-state index in [0.29, 0.717) is 23.0 Å². The van der Waals surface area contributed by atoms with Gasteiger partial charge in [-0.15, -0.1) is 0 Å². The third kappa shape index (κ3) is 5.38. The maximum Gasteiger partial charge on any atom is 0.223 e. The van der Waals surface area contributed by atoms with E-state index in [2.05, 4.69) is 27.2 Å². The minimum Gasteiger partial charge on any atom is -0.399 e. The molecule has 7 heteroatoms. The van der Waals surface area contributed by atoms with E-state index in [1.807, 2.05) is 24.3 Å². The molecule has 0 aliphatic rings. The van der Waals surface area contributed by atoms with Crippen LogP contribution < -0.4 is 27.8 Å². The van der Waals surface area contributed by atoms with Crippen LogP contribution in [0.3, 0.4) is 0 Å². The Morgan fingerprint density at radius 2 is 1.46 bits per heavy atom. The number of amidine groups is 1. The third-order valence-electron chi connectivity index (χ3n) is 2.92. The van der Waals surface area contributed by atoms with Crippen LogP contribution in [0.2, 0.25) is 0 Å². The first-order valence-corrected chi connectivity index (χ1v) is 7.26. The van der Waals surface area contributed by atoms with Gasteiger partial charge in [-0.25, -0.2) is 4.99 Å². The molecule has 0 saturated carbocycles. The summed E-state index contributed by atoms with van der Waals surface area (Å²) in [5.74, 6) is 1.02. The number of hydrogen-bond donors (Lipinski definition) is 5. The van der Waals surface area contributed by atoms with Crippen molar-refractivity contribution in [1.29, 1.82) is 0 Å². The van der Waals surface area contributed by atoms with Crippen LogP contribution in [0.15, 0.2) is 70.9 Å². The van der Waals surface area contributed by atoms with Gasteiger partial charge in [0.15, 0.2) is 0 Å². The fourth-order valence-corrected chi connectivity index (χ4v) is 2.00. The first-order chi connectivity index (χ1) is 11.4. The molecule has 0 amide bonds. The van der Waals surface area contributed by atoms with Gasteiger partial charge in [0.2, 0.25) is 5.96 Å². The van der Waals surface area contributed by atoms with Crippen molar-refractivity contribution in [3.05, 3.63) is 60.9 Å². The van der Waals surface area contributed by atoms with Gasteiger partial charge in [0, 0.05) is 22.7 Å². The van der Waals surface area contributed by atoms with E-state index >= 15 is 0 Å². The predicted octanol–water partition coefficient (Wildman–Crippen LogP) is 2.58. The first kappa shape index (κ1) is 16.9. The van der Waals surface area contributed by atoms with E-state index in [-0.39, 0.29) is 5.96 Å². The second kappa shape index (κ2) is 7.68. The average molecular weight is 323 g/mol. The monoisotopic (exact) mass is 323 g/mol. The van der Waals surface area contributed by atoms with Crippen molar-refractivity contribution in [2.75, 3.05) is 22.1 Å². The molecule has 0 atom stereocenters. The lowest BCUT2D eigenvalue weighted by atomic mass is 10.3. The molecule has 0 aliphatic heterocycles. The molecule has 0 bridgehead atoms. The molecule has 0 aliphatic carbocycles. The zero-order valence-corrected chi connectivity index (χ0v) is 13.5. The number of nitrogens with zero attached hydrogens (tertiary/aromatic N) is 2. The minimum absolute atomic E-state index is 0.0744. The standard InChI is InChI=1S/C17H21N7/c1-11(21-15-7-3-5-13(18)9-15)23-17(20)24-12(2)22-16-8-4-6-14(19)10-16/h3-10,21H,1,18-19H2,2H3,(H3,20,22,23,24). The second-order valence-electron chi connectivity index (χ2n) is 5.11. The van der Waals surface area contributed by atoms with Gasteiger partial charge in [0.25, 0.3) is 0 Å². The predicted molar refractivity (Wildman–Crippen MR) is 103 cm³/mol. The number of nitrogens with one attached hydrogen (secondary N) is 2. The molecule has 0 spiro atoms. The molecule has 7 nitrogen and oxygen atoms in total. The molecule has 2 aromatic carbocycles. The number of nitrogens with two attached hydrogens (primary N) is 3. The van der Waals surface area contributed by atoms with Crippen molar-refractivity contribution >= 4 is 34.5 Å². The minimum atomic E-state index is 0.0744. The van der Waals surface area contributed by atoms with Crippen LogP contribution in [0.25, 0.3) is 0 Å². The van der Waals surface area contributed by atoms with E-state index in [1.165, 1.54) is 0 Å². The van der Waals surface area contributed by atoms with E-state index in [9.17, 15) is 0 Å². The molecule has 24 heavy (non-hydrogen) atoms. The van der Waals surface area contributed by atoms with Gasteiger partial charge in [-0.05, 0) is 43.3 Å². The molecular formula is C17H21N7. The molecule has 8 N–H and O–H groups in total. The molecule has 0 heterocycles. The summed E-state index contributed by atoms with van der Waals surface area (Å²) in [5, 5.41) is 6.08. The molecule has 0 aromatic heterocycles. The summed E-state index contributed by atoms with van der Waals surface area (Å²) < 4.78 is 0. The molecular weight excluding hydrogens is 302 g/mol. The molecule has 124 valence electrons. The van der Waals surface area contributed by atoms with Crippen LogP contribution in [0, 0.1) is 0 Å². The number of rotatable bonds is 4. The van der Waals surface area contributed by atoms with Crippen LogP contribution >= 0.6 is 0 Å². The topological polar surface area (TPSA) is 127 Å². The normalized spacial score (nSPS) is 11.9. The number of hydrogen-bond acceptors (Lipinski definition) is 4. The number of guanidine groups is 1. The zero-order chi connectivity index (χ0) is 17.5. The Bertz CT molecular complexity index is 793. The maximum absolute atomic E-state index is 5.81. The van der Waals surface area contributed by atoms with Crippen LogP contribution in [0.5, 0.6) is 0 Å². The number of aliphatic imine (C=N–C) groups is 2. The summed E-state index contributed by atoms with van der Waals surface area (Å²) in [7, 11) is 0. The molecule has 0 saturated heterocycles. The smallest absolute Gasteiger partial charge is 0.223 e. The largest absolute Gasteiger partial charge is 0.399 e. The van der Waals surface area contributed by atoms with E-state index in [0.717, 1.165) is 11.4 Å². The lowest BCUT2D eigenvalue weighted by Crippen LogP contribution is -2.16. The summed E-state index contributed by atoms with van der Waals surface area (Å²) in [6, 6.07) is 14.6. The van der Waals surface area contributed by atoms with Gasteiger partial charge in [-0.2, -0.15) is 4.99 Å². The maximum atomic E-state index is 5.81. The highest BCUT2D eigenvalue weighted by Gasteiger charge is 1.99. The average Bonchev–Trinajstić information content (AvgIpc) is 2.46. The quantitative estimate of drug-likeness (QED) is 0.336. The number of anilines is 4. The Morgan fingerprint density at radius 1 is 0.917 bits per heavy atom. The first-order valence-electron chi connectivity index (χ1n) is 7.26. The van der Waals surface area contributed by atoms with Crippen LogP contribution in [0.4, 0.5) is 22.7 Å². The van der Waals surface area contributed by atoms with E-state index in [4.69, 9.17) is 17.2 Å². The highest BCUT2D eigenvalue weighted by molar-refractivity contribution is 6.01. The molecule has 2 rings (SSSR count). The van der Waals surface area contributed by atoms with Gasteiger partial charge in [0.05, 0.1) is 0 Å². The van der Waals surface area contributed by atoms with Gasteiger partial charge < -0.3 is 27.8 Å². The van der Waals surface area contributed by atoms with Crippen LogP contribution in [0.1, 0.15) is 6.92 Å². The van der Waals surface area contributed by atoms with Gasteiger partial charge in [-0.1, -0.05) is 18.7 Å². The SMILES string of the molecule is C=C(N=C(N)N=C(C)Nc1cccc(N)c1)Nc1cccc(N)c1. The molecule has 0 unspecified atom stereocenters. The van der Waals surface area contributed by atoms with Crippen molar-refractivity contribution < 1.29 is 0 Å². The van der Waals surface area contributed by atoms with E-state index in [1.54, 1.807) is 31.2 Å². The Kier molecular flexibility index (Phi) is 5.40. The lowest BCUT2D eigenvalue weighted by molar-refractivity contribution is 1.28. The highest BCUT2D eigenvalue weighted by Crippen LogP contribution is 2.14. The molecule has 0 radical (unpaired) electrons. The van der Waals surface area contributed by atoms with Gasteiger partial charge in [-0.3, -0.25) is 0 Å². The summed E-state index contributed by atoms with van der Waals surface area (Å²) in [5.41, 5.74) is 20.2. The van der Waals surface area contributed by atoms with Crippen LogP contribution in [-0.4, -0.2) is 11.8 Å². The summed E-state index contributed by atoms with van der Waals surface area (Å²) in [4.78, 5) is 8.26. The van der Waals surface area contributed by atoms with Crippen molar-refractivity contribution in [2.45, 2.75) is 6.92 Å². The Balaban J connectivity index is 2.00. The van der Waals surface area contributed by atoms with Crippen molar-refractivity contribution in [1.82, 2.24) is 0 Å². The fraction of sp³-hybridized carbons (Fsp3) is 0.0588. The summed E-state index contributed by atoms with van der Waals surface area (Å²) >= 11 is 0. The summed E-state index contributed by atoms with van der Waals surface area (Å²) in [6.45, 7) is 5.57. The number of nitrogen functional groups attached to an aromatic ring is 2. The van der Waals surface area contributed by atoms with Gasteiger partial charge in [0.1, 0.15) is 11.7 Å². The van der Waals surface area contributed by atoms with Crippen molar-refractivity contribution in [2.24, 2.45) is 15.7 Å². The third-order valence-corrected chi connectivity index (χ3v) is 2.92. The fourth-order valence-electron chi connectivity index (χ4n) is 2.00. The Hall–Kier alpha value is -3.48. The number of benzene rings is 2. The summed E-state index contributed by atoms with van der Waals surface area (Å²) in [6.07, 6.45) is 0. The highest BCUT2D eigenvalue weighted by atomic mass is 15.1. The van der Waals surface area contributed by atoms with Crippen molar-refractivity contribution in [3.63, 3.8) is 0 Å². The lowest BCUT2D eigenvalue weighted by Gasteiger charge is -2.08. The van der Waals surface area contributed by atoms with Crippen LogP contribution in [-0.2, 0) is 0 Å². The zero-order valence-electron chi connectivity index (χ0n) is 13.5. The Morgan fingerprint density at radius 3 is 2.00 bits per heavy atom.